The van der Waals surface area contributed by atoms with E-state index in [-0.39, 0.29) is 30.4 Å². The largest absolute Gasteiger partial charge is 0.384 e. The quantitative estimate of drug-likeness (QED) is 0.433. The third-order valence-electron chi connectivity index (χ3n) is 4.00. The molecular weight excluding hydrogens is 326 g/mol. The lowest BCUT2D eigenvalue weighted by atomic mass is 10.1. The van der Waals surface area contributed by atoms with Gasteiger partial charge in [0.2, 0.25) is 5.78 Å². The summed E-state index contributed by atoms with van der Waals surface area (Å²) in [5.74, 6) is -0.735. The van der Waals surface area contributed by atoms with Crippen LogP contribution in [0, 0.1) is 0 Å². The molecule has 0 fully saturated rings. The second kappa shape index (κ2) is 9.16. The zero-order valence-corrected chi connectivity index (χ0v) is 15.3. The molecule has 1 rings (SSSR count). The number of anilines is 1. The lowest BCUT2D eigenvalue weighted by Gasteiger charge is -2.18. The van der Waals surface area contributed by atoms with E-state index in [0.717, 1.165) is 4.57 Å². The first-order valence-electron chi connectivity index (χ1n) is 8.51. The van der Waals surface area contributed by atoms with Crippen LogP contribution in [0.15, 0.2) is 9.59 Å². The number of aromatic nitrogens is 2. The number of quaternary nitrogens is 1. The van der Waals surface area contributed by atoms with E-state index in [1.807, 2.05) is 20.8 Å². The van der Waals surface area contributed by atoms with Crippen molar-refractivity contribution in [3.63, 3.8) is 0 Å². The van der Waals surface area contributed by atoms with E-state index in [2.05, 4.69) is 5.32 Å². The number of nitrogens with one attached hydrogen (secondary N) is 2. The van der Waals surface area contributed by atoms with Gasteiger partial charge in [0.05, 0.1) is 6.54 Å². The number of nitrogens with two attached hydrogens (primary N) is 1. The molecule has 9 heteroatoms. The van der Waals surface area contributed by atoms with Gasteiger partial charge in [-0.15, -0.1) is 0 Å². The molecular formula is C16H28N5O4+. The van der Waals surface area contributed by atoms with Crippen LogP contribution in [0.3, 0.4) is 0 Å². The first-order chi connectivity index (χ1) is 11.8. The summed E-state index contributed by atoms with van der Waals surface area (Å²) < 4.78 is 2.14. The summed E-state index contributed by atoms with van der Waals surface area (Å²) in [5, 5.41) is 2.68. The van der Waals surface area contributed by atoms with Crippen LogP contribution in [-0.2, 0) is 18.4 Å². The maximum atomic E-state index is 12.7. The van der Waals surface area contributed by atoms with E-state index in [1.165, 1.54) is 11.6 Å². The van der Waals surface area contributed by atoms with E-state index < -0.39 is 17.0 Å². The highest BCUT2D eigenvalue weighted by Gasteiger charge is 2.25. The lowest BCUT2D eigenvalue weighted by molar-refractivity contribution is -0.881. The zero-order valence-electron chi connectivity index (χ0n) is 15.3. The van der Waals surface area contributed by atoms with Crippen molar-refractivity contribution in [2.75, 3.05) is 31.9 Å². The Hall–Kier alpha value is -2.42. The van der Waals surface area contributed by atoms with E-state index in [1.54, 1.807) is 0 Å². The summed E-state index contributed by atoms with van der Waals surface area (Å²) >= 11 is 0. The molecule has 140 valence electrons. The third-order valence-corrected chi connectivity index (χ3v) is 4.00. The standard InChI is InChI=1S/C16H27N5O4/c1-5-8-21-14(17)13(15(24)19(4)16(21)25)11(22)9-20(7-3)10-12(23)18-6-2/h5-10,17H2,1-4H3,(H,18,23)/p+1. The summed E-state index contributed by atoms with van der Waals surface area (Å²) in [6.45, 7) is 6.99. The lowest BCUT2D eigenvalue weighted by Crippen LogP contribution is -3.13. The molecule has 0 radical (unpaired) electrons. The number of carbonyl (C=O) groups excluding carboxylic acids is 2. The molecule has 0 bridgehead atoms. The molecule has 0 aliphatic rings. The smallest absolute Gasteiger partial charge is 0.332 e. The maximum Gasteiger partial charge on any atom is 0.332 e. The fraction of sp³-hybridized carbons (Fsp3) is 0.625. The van der Waals surface area contributed by atoms with Gasteiger partial charge in [-0.2, -0.15) is 0 Å². The minimum atomic E-state index is -0.701. The van der Waals surface area contributed by atoms with Crippen LogP contribution >= 0.6 is 0 Å². The van der Waals surface area contributed by atoms with E-state index in [4.69, 9.17) is 5.73 Å². The monoisotopic (exact) mass is 354 g/mol. The van der Waals surface area contributed by atoms with Gasteiger partial charge in [0, 0.05) is 20.1 Å². The zero-order chi connectivity index (χ0) is 19.1. The molecule has 0 saturated carbocycles. The van der Waals surface area contributed by atoms with E-state index in [0.29, 0.717) is 31.0 Å². The molecule has 0 aliphatic carbocycles. The predicted molar refractivity (Wildman–Crippen MR) is 94.9 cm³/mol. The van der Waals surface area contributed by atoms with Crippen molar-refractivity contribution in [3.8, 4) is 0 Å². The van der Waals surface area contributed by atoms with Gasteiger partial charge in [0.15, 0.2) is 6.54 Å². The minimum absolute atomic E-state index is 0.0442. The summed E-state index contributed by atoms with van der Waals surface area (Å²) in [6, 6.07) is 0. The highest BCUT2D eigenvalue weighted by molar-refractivity contribution is 6.00. The normalized spacial score (nSPS) is 12.0. The Morgan fingerprint density at radius 3 is 2.32 bits per heavy atom. The van der Waals surface area contributed by atoms with Gasteiger partial charge in [0.1, 0.15) is 17.9 Å². The van der Waals surface area contributed by atoms with Crippen molar-refractivity contribution in [2.24, 2.45) is 7.05 Å². The second-order valence-corrected chi connectivity index (χ2v) is 5.89. The molecule has 0 spiro atoms. The average molecular weight is 354 g/mol. The van der Waals surface area contributed by atoms with Crippen molar-refractivity contribution in [2.45, 2.75) is 33.7 Å². The molecule has 1 atom stereocenters. The van der Waals surface area contributed by atoms with Crippen molar-refractivity contribution < 1.29 is 14.5 Å². The number of carbonyl (C=O) groups is 2. The Kier molecular flexibility index (Phi) is 7.56. The van der Waals surface area contributed by atoms with Crippen LogP contribution in [0.5, 0.6) is 0 Å². The summed E-state index contributed by atoms with van der Waals surface area (Å²) in [6.07, 6.45) is 0.638. The van der Waals surface area contributed by atoms with Crippen LogP contribution in [-0.4, -0.2) is 47.0 Å². The average Bonchev–Trinajstić information content (AvgIpc) is 2.56. The fourth-order valence-electron chi connectivity index (χ4n) is 2.60. The van der Waals surface area contributed by atoms with Gasteiger partial charge < -0.3 is 16.0 Å². The number of rotatable bonds is 9. The first kappa shape index (κ1) is 20.6. The van der Waals surface area contributed by atoms with Crippen LogP contribution < -0.4 is 27.2 Å². The van der Waals surface area contributed by atoms with Gasteiger partial charge in [-0.25, -0.2) is 4.79 Å². The first-order valence-corrected chi connectivity index (χ1v) is 8.51. The Balaban J connectivity index is 3.18. The van der Waals surface area contributed by atoms with Gasteiger partial charge in [-0.1, -0.05) is 6.92 Å². The van der Waals surface area contributed by atoms with E-state index >= 15 is 0 Å². The molecule has 25 heavy (non-hydrogen) atoms. The molecule has 0 aromatic carbocycles. The number of ketones is 1. The molecule has 1 unspecified atom stereocenters. The summed E-state index contributed by atoms with van der Waals surface area (Å²) in [5.41, 5.74) is 4.52. The number of hydrogen-bond acceptors (Lipinski definition) is 5. The number of likely N-dealkylation sites (N-methyl/N-ethyl adjacent to an activating group) is 2. The Morgan fingerprint density at radius 1 is 1.16 bits per heavy atom. The van der Waals surface area contributed by atoms with Gasteiger partial charge in [-0.3, -0.25) is 23.5 Å². The SMILES string of the molecule is CCCn1c(N)c(C(=O)C[NH+](CC)CC(=O)NCC)c(=O)n(C)c1=O. The van der Waals surface area contributed by atoms with Crippen LogP contribution in [0.2, 0.25) is 0 Å². The van der Waals surface area contributed by atoms with Crippen molar-refractivity contribution in [1.82, 2.24) is 14.5 Å². The minimum Gasteiger partial charge on any atom is -0.384 e. The van der Waals surface area contributed by atoms with Gasteiger partial charge in [0.25, 0.3) is 11.5 Å². The number of Topliss-reactive ketones (excluding diaryl/α,β-unsaturated/α-hetero) is 1. The maximum absolute atomic E-state index is 12.7. The predicted octanol–water partition coefficient (Wildman–Crippen LogP) is -2.24. The Labute approximate surface area is 146 Å². The van der Waals surface area contributed by atoms with Crippen LogP contribution in [0.25, 0.3) is 0 Å². The molecule has 1 aromatic rings. The van der Waals surface area contributed by atoms with Crippen molar-refractivity contribution in [1.29, 1.82) is 0 Å². The molecule has 4 N–H and O–H groups in total. The number of amides is 1. The topological polar surface area (TPSA) is 121 Å². The highest BCUT2D eigenvalue weighted by atomic mass is 16.2. The fourth-order valence-corrected chi connectivity index (χ4v) is 2.60. The molecule has 9 nitrogen and oxygen atoms in total. The molecule has 1 heterocycles. The van der Waals surface area contributed by atoms with Crippen LogP contribution in [0.1, 0.15) is 37.6 Å². The summed E-state index contributed by atoms with van der Waals surface area (Å²) in [4.78, 5) is 49.6. The molecule has 0 saturated heterocycles. The Bertz CT molecular complexity index is 750. The van der Waals surface area contributed by atoms with E-state index in [9.17, 15) is 19.2 Å². The third kappa shape index (κ3) is 4.79. The molecule has 1 aromatic heterocycles. The number of nitrogens with zero attached hydrogens (tertiary/aromatic N) is 2. The second-order valence-electron chi connectivity index (χ2n) is 5.89. The number of nitrogen functional groups attached to an aromatic ring is 1. The van der Waals surface area contributed by atoms with Gasteiger partial charge >= 0.3 is 5.69 Å². The molecule has 1 amide bonds. The van der Waals surface area contributed by atoms with Crippen molar-refractivity contribution >= 4 is 17.5 Å². The van der Waals surface area contributed by atoms with Gasteiger partial charge in [-0.05, 0) is 20.3 Å². The number of hydrogen-bond donors (Lipinski definition) is 3. The Morgan fingerprint density at radius 2 is 1.80 bits per heavy atom. The summed E-state index contributed by atoms with van der Waals surface area (Å²) in [7, 11) is 1.33. The van der Waals surface area contributed by atoms with Crippen molar-refractivity contribution in [3.05, 3.63) is 26.4 Å². The highest BCUT2D eigenvalue weighted by Crippen LogP contribution is 2.05. The van der Waals surface area contributed by atoms with Crippen LogP contribution in [0.4, 0.5) is 5.82 Å². The molecule has 0 aliphatic heterocycles.